The van der Waals surface area contributed by atoms with Gasteiger partial charge in [0.2, 0.25) is 0 Å². The molecular formula is C15H31N. The zero-order chi connectivity index (χ0) is 12.1. The van der Waals surface area contributed by atoms with Crippen LogP contribution in [0, 0.1) is 17.8 Å². The van der Waals surface area contributed by atoms with Crippen molar-refractivity contribution in [1.29, 1.82) is 0 Å². The van der Waals surface area contributed by atoms with Crippen molar-refractivity contribution < 1.29 is 0 Å². The van der Waals surface area contributed by atoms with Crippen LogP contribution in [0.25, 0.3) is 0 Å². The van der Waals surface area contributed by atoms with Crippen LogP contribution in [0.3, 0.4) is 0 Å². The summed E-state index contributed by atoms with van der Waals surface area (Å²) in [6.07, 6.45) is 7.01. The van der Waals surface area contributed by atoms with Crippen LogP contribution in [-0.2, 0) is 0 Å². The number of hydrogen-bond acceptors (Lipinski definition) is 1. The zero-order valence-corrected chi connectivity index (χ0v) is 11.9. The molecule has 1 aliphatic carbocycles. The second kappa shape index (κ2) is 6.64. The average Bonchev–Trinajstić information content (AvgIpc) is 2.16. The highest BCUT2D eigenvalue weighted by molar-refractivity contribution is 4.84. The van der Waals surface area contributed by atoms with Crippen LogP contribution in [0.2, 0.25) is 0 Å². The molecule has 1 heteroatoms. The van der Waals surface area contributed by atoms with E-state index in [1.807, 2.05) is 0 Å². The Morgan fingerprint density at radius 3 is 2.19 bits per heavy atom. The summed E-state index contributed by atoms with van der Waals surface area (Å²) in [5.41, 5.74) is 0. The molecule has 0 aromatic carbocycles. The summed E-state index contributed by atoms with van der Waals surface area (Å²) < 4.78 is 0. The standard InChI is InChI=1S/C15H31N/c1-11(2)10-13(5)16-15-9-7-6-8-14(15)12(3)4/h11-16H,6-10H2,1-5H3. The van der Waals surface area contributed by atoms with Gasteiger partial charge in [-0.25, -0.2) is 0 Å². The minimum Gasteiger partial charge on any atom is -0.311 e. The molecule has 96 valence electrons. The Morgan fingerprint density at radius 2 is 1.62 bits per heavy atom. The Bertz CT molecular complexity index is 186. The number of rotatable bonds is 5. The van der Waals surface area contributed by atoms with Crippen LogP contribution in [0.1, 0.15) is 66.7 Å². The smallest absolute Gasteiger partial charge is 0.0100 e. The second-order valence-corrected chi connectivity index (χ2v) is 6.50. The molecule has 3 unspecified atom stereocenters. The molecule has 0 aliphatic heterocycles. The molecule has 1 nitrogen and oxygen atoms in total. The molecule has 1 fully saturated rings. The lowest BCUT2D eigenvalue weighted by Crippen LogP contribution is -2.45. The third-order valence-electron chi connectivity index (χ3n) is 4.00. The summed E-state index contributed by atoms with van der Waals surface area (Å²) in [6, 6.07) is 1.46. The molecule has 0 aromatic heterocycles. The van der Waals surface area contributed by atoms with E-state index in [0.29, 0.717) is 6.04 Å². The van der Waals surface area contributed by atoms with E-state index in [9.17, 15) is 0 Å². The van der Waals surface area contributed by atoms with Gasteiger partial charge in [0, 0.05) is 12.1 Å². The van der Waals surface area contributed by atoms with Gasteiger partial charge in [0.05, 0.1) is 0 Å². The summed E-state index contributed by atoms with van der Waals surface area (Å²) in [7, 11) is 0. The number of nitrogens with one attached hydrogen (secondary N) is 1. The lowest BCUT2D eigenvalue weighted by Gasteiger charge is -2.37. The van der Waals surface area contributed by atoms with Crippen molar-refractivity contribution in [2.45, 2.75) is 78.8 Å². The lowest BCUT2D eigenvalue weighted by molar-refractivity contribution is 0.189. The molecule has 1 saturated carbocycles. The minimum atomic E-state index is 0.685. The average molecular weight is 225 g/mol. The predicted molar refractivity (Wildman–Crippen MR) is 72.6 cm³/mol. The van der Waals surface area contributed by atoms with Crippen molar-refractivity contribution in [1.82, 2.24) is 5.32 Å². The Balaban J connectivity index is 2.43. The van der Waals surface area contributed by atoms with E-state index in [0.717, 1.165) is 23.8 Å². The molecule has 16 heavy (non-hydrogen) atoms. The Hall–Kier alpha value is -0.0400. The second-order valence-electron chi connectivity index (χ2n) is 6.50. The van der Waals surface area contributed by atoms with Crippen molar-refractivity contribution in [3.8, 4) is 0 Å². The summed E-state index contributed by atoms with van der Waals surface area (Å²) in [6.45, 7) is 11.8. The predicted octanol–water partition coefficient (Wildman–Crippen LogP) is 4.23. The van der Waals surface area contributed by atoms with E-state index in [1.54, 1.807) is 0 Å². The highest BCUT2D eigenvalue weighted by Crippen LogP contribution is 2.30. The van der Waals surface area contributed by atoms with E-state index in [1.165, 1.54) is 32.1 Å². The van der Waals surface area contributed by atoms with Crippen LogP contribution in [0.4, 0.5) is 0 Å². The maximum Gasteiger partial charge on any atom is 0.0100 e. The monoisotopic (exact) mass is 225 g/mol. The van der Waals surface area contributed by atoms with Gasteiger partial charge in [-0.3, -0.25) is 0 Å². The fourth-order valence-corrected chi connectivity index (χ4v) is 3.31. The van der Waals surface area contributed by atoms with Gasteiger partial charge in [-0.1, -0.05) is 40.5 Å². The van der Waals surface area contributed by atoms with Gasteiger partial charge in [-0.2, -0.15) is 0 Å². The van der Waals surface area contributed by atoms with Gasteiger partial charge in [0.15, 0.2) is 0 Å². The van der Waals surface area contributed by atoms with E-state index in [-0.39, 0.29) is 0 Å². The molecule has 1 N–H and O–H groups in total. The molecular weight excluding hydrogens is 194 g/mol. The van der Waals surface area contributed by atoms with Gasteiger partial charge >= 0.3 is 0 Å². The van der Waals surface area contributed by atoms with Gasteiger partial charge < -0.3 is 5.32 Å². The molecule has 0 saturated heterocycles. The van der Waals surface area contributed by atoms with E-state index in [4.69, 9.17) is 0 Å². The first-order valence-corrected chi connectivity index (χ1v) is 7.26. The molecule has 1 aliphatic rings. The normalized spacial score (nSPS) is 28.7. The number of hydrogen-bond donors (Lipinski definition) is 1. The largest absolute Gasteiger partial charge is 0.311 e. The Labute approximate surface area is 102 Å². The van der Waals surface area contributed by atoms with Crippen molar-refractivity contribution >= 4 is 0 Å². The van der Waals surface area contributed by atoms with Crippen molar-refractivity contribution in [2.24, 2.45) is 17.8 Å². The molecule has 0 heterocycles. The fraction of sp³-hybridized carbons (Fsp3) is 1.00. The Kier molecular flexibility index (Phi) is 5.82. The fourth-order valence-electron chi connectivity index (χ4n) is 3.31. The molecule has 3 atom stereocenters. The van der Waals surface area contributed by atoms with Gasteiger partial charge in [-0.15, -0.1) is 0 Å². The van der Waals surface area contributed by atoms with Gasteiger partial charge in [0.25, 0.3) is 0 Å². The van der Waals surface area contributed by atoms with Gasteiger partial charge in [-0.05, 0) is 43.9 Å². The first kappa shape index (κ1) is 14.0. The SMILES string of the molecule is CC(C)CC(C)NC1CCCCC1C(C)C. The highest BCUT2D eigenvalue weighted by atomic mass is 15.0. The zero-order valence-electron chi connectivity index (χ0n) is 11.9. The Morgan fingerprint density at radius 1 is 1.00 bits per heavy atom. The maximum atomic E-state index is 3.88. The van der Waals surface area contributed by atoms with Crippen LogP contribution < -0.4 is 5.32 Å². The summed E-state index contributed by atoms with van der Waals surface area (Å²) >= 11 is 0. The summed E-state index contributed by atoms with van der Waals surface area (Å²) in [5, 5.41) is 3.88. The summed E-state index contributed by atoms with van der Waals surface area (Å²) in [4.78, 5) is 0. The molecule has 1 rings (SSSR count). The molecule has 0 bridgehead atoms. The van der Waals surface area contributed by atoms with Crippen LogP contribution in [0.15, 0.2) is 0 Å². The van der Waals surface area contributed by atoms with E-state index in [2.05, 4.69) is 39.9 Å². The third kappa shape index (κ3) is 4.45. The molecule has 0 radical (unpaired) electrons. The first-order valence-electron chi connectivity index (χ1n) is 7.26. The molecule has 0 spiro atoms. The quantitative estimate of drug-likeness (QED) is 0.738. The van der Waals surface area contributed by atoms with Crippen LogP contribution in [0.5, 0.6) is 0 Å². The van der Waals surface area contributed by atoms with Crippen molar-refractivity contribution in [3.05, 3.63) is 0 Å². The molecule has 0 aromatic rings. The lowest BCUT2D eigenvalue weighted by atomic mass is 9.77. The van der Waals surface area contributed by atoms with Crippen molar-refractivity contribution in [2.75, 3.05) is 0 Å². The maximum absolute atomic E-state index is 3.88. The minimum absolute atomic E-state index is 0.685. The first-order chi connectivity index (χ1) is 7.50. The van der Waals surface area contributed by atoms with Crippen molar-refractivity contribution in [3.63, 3.8) is 0 Å². The third-order valence-corrected chi connectivity index (χ3v) is 4.00. The van der Waals surface area contributed by atoms with Crippen LogP contribution >= 0.6 is 0 Å². The van der Waals surface area contributed by atoms with Crippen LogP contribution in [-0.4, -0.2) is 12.1 Å². The van der Waals surface area contributed by atoms with Gasteiger partial charge in [0.1, 0.15) is 0 Å². The topological polar surface area (TPSA) is 12.0 Å². The van der Waals surface area contributed by atoms with E-state index < -0.39 is 0 Å². The highest BCUT2D eigenvalue weighted by Gasteiger charge is 2.28. The summed E-state index contributed by atoms with van der Waals surface area (Å²) in [5.74, 6) is 2.55. The van der Waals surface area contributed by atoms with E-state index >= 15 is 0 Å². The molecule has 0 amide bonds.